The van der Waals surface area contributed by atoms with Crippen molar-refractivity contribution in [1.29, 1.82) is 0 Å². The zero-order valence-corrected chi connectivity index (χ0v) is 18.2. The molecular weight excluding hydrogens is 432 g/mol. The Morgan fingerprint density at radius 3 is 2.69 bits per heavy atom. The Balaban J connectivity index is 1.44. The van der Waals surface area contributed by atoms with Crippen LogP contribution in [-0.4, -0.2) is 53.6 Å². The van der Waals surface area contributed by atoms with E-state index in [1.165, 1.54) is 12.4 Å². The third kappa shape index (κ3) is 3.51. The zero-order chi connectivity index (χ0) is 22.5. The maximum absolute atomic E-state index is 12.4. The number of rotatable bonds is 7. The number of hydrogen-bond donors (Lipinski definition) is 1. The van der Waals surface area contributed by atoms with Crippen molar-refractivity contribution in [3.8, 4) is 11.4 Å². The molecule has 0 amide bonds. The van der Waals surface area contributed by atoms with Crippen molar-refractivity contribution in [3.63, 3.8) is 0 Å². The highest BCUT2D eigenvalue weighted by Gasteiger charge is 2.37. The Hall–Kier alpha value is -3.67. The minimum Gasteiger partial charge on any atom is -0.325 e. The molecule has 0 saturated heterocycles. The molecule has 1 aliphatic rings. The van der Waals surface area contributed by atoms with Crippen LogP contribution >= 0.6 is 0 Å². The summed E-state index contributed by atoms with van der Waals surface area (Å²) in [5.74, 6) is 1.68. The number of carbonyl (C=O) groups is 1. The summed E-state index contributed by atoms with van der Waals surface area (Å²) < 4.78 is 27.6. The molecule has 12 heteroatoms. The van der Waals surface area contributed by atoms with E-state index in [4.69, 9.17) is 0 Å². The number of pyridine rings is 1. The number of hydrogen-bond acceptors (Lipinski definition) is 9. The first-order valence-electron chi connectivity index (χ1n) is 10.1. The van der Waals surface area contributed by atoms with Crippen molar-refractivity contribution in [3.05, 3.63) is 42.7 Å². The monoisotopic (exact) mass is 452 g/mol. The molecule has 32 heavy (non-hydrogen) atoms. The molecule has 0 aromatic carbocycles. The number of aldehydes is 1. The summed E-state index contributed by atoms with van der Waals surface area (Å²) in [7, 11) is -3.45. The highest BCUT2D eigenvalue weighted by atomic mass is 32.2. The van der Waals surface area contributed by atoms with E-state index in [0.29, 0.717) is 47.2 Å². The van der Waals surface area contributed by atoms with Gasteiger partial charge in [-0.3, -0.25) is 4.79 Å². The molecule has 1 aliphatic carbocycles. The predicted octanol–water partition coefficient (Wildman–Crippen LogP) is 2.56. The van der Waals surface area contributed by atoms with Gasteiger partial charge >= 0.3 is 0 Å². The molecule has 4 aromatic rings. The first kappa shape index (κ1) is 20.2. The van der Waals surface area contributed by atoms with Crippen molar-refractivity contribution in [2.24, 2.45) is 0 Å². The van der Waals surface area contributed by atoms with Gasteiger partial charge in [-0.2, -0.15) is 9.19 Å². The number of anilines is 2. The summed E-state index contributed by atoms with van der Waals surface area (Å²) in [6.07, 6.45) is 8.08. The van der Waals surface area contributed by atoms with Crippen LogP contribution in [0.25, 0.3) is 22.4 Å². The fourth-order valence-corrected chi connectivity index (χ4v) is 4.96. The Morgan fingerprint density at radius 1 is 1.16 bits per heavy atom. The van der Waals surface area contributed by atoms with E-state index in [2.05, 4.69) is 30.4 Å². The van der Waals surface area contributed by atoms with Crippen LogP contribution in [0.4, 0.5) is 11.6 Å². The molecule has 0 aliphatic heterocycles. The third-order valence-corrected chi connectivity index (χ3v) is 7.20. The SMILES string of the molecule is CC(C)n1c(C=O)nc2cnc(Nc3ccnc(-c4cnn(S(=O)(=O)C5CC5)c4)n3)cc21. The molecule has 0 spiro atoms. The van der Waals surface area contributed by atoms with Gasteiger partial charge in [0.1, 0.15) is 17.2 Å². The van der Waals surface area contributed by atoms with Gasteiger partial charge in [-0.05, 0) is 32.8 Å². The van der Waals surface area contributed by atoms with Crippen molar-refractivity contribution in [2.75, 3.05) is 5.32 Å². The number of nitrogens with one attached hydrogen (secondary N) is 1. The fraction of sp³-hybridized carbons (Fsp3) is 0.300. The second-order valence-corrected chi connectivity index (χ2v) is 9.92. The zero-order valence-electron chi connectivity index (χ0n) is 17.4. The summed E-state index contributed by atoms with van der Waals surface area (Å²) in [6, 6.07) is 3.53. The molecular formula is C20H20N8O3S. The summed E-state index contributed by atoms with van der Waals surface area (Å²) in [5.41, 5.74) is 1.90. The van der Waals surface area contributed by atoms with E-state index in [0.717, 1.165) is 15.9 Å². The lowest BCUT2D eigenvalue weighted by molar-refractivity contribution is 0.111. The molecule has 0 radical (unpaired) electrons. The average molecular weight is 453 g/mol. The van der Waals surface area contributed by atoms with E-state index >= 15 is 0 Å². The van der Waals surface area contributed by atoms with Crippen molar-refractivity contribution < 1.29 is 13.2 Å². The van der Waals surface area contributed by atoms with Gasteiger partial charge in [-0.15, -0.1) is 0 Å². The topological polar surface area (TPSA) is 138 Å². The van der Waals surface area contributed by atoms with E-state index in [-0.39, 0.29) is 11.3 Å². The van der Waals surface area contributed by atoms with Gasteiger partial charge in [0.25, 0.3) is 10.0 Å². The maximum atomic E-state index is 12.4. The molecule has 4 heterocycles. The van der Waals surface area contributed by atoms with Gasteiger partial charge in [-0.25, -0.2) is 28.4 Å². The number of nitrogens with zero attached hydrogens (tertiary/aromatic N) is 7. The van der Waals surface area contributed by atoms with Crippen LogP contribution in [0.5, 0.6) is 0 Å². The van der Waals surface area contributed by atoms with Crippen LogP contribution in [0.3, 0.4) is 0 Å². The second-order valence-electron chi connectivity index (χ2n) is 7.85. The normalized spacial score (nSPS) is 14.2. The number of carbonyl (C=O) groups excluding carboxylic acids is 1. The minimum atomic E-state index is -3.45. The largest absolute Gasteiger partial charge is 0.325 e. The molecule has 1 N–H and O–H groups in total. The Morgan fingerprint density at radius 2 is 1.97 bits per heavy atom. The van der Waals surface area contributed by atoms with Gasteiger partial charge in [0.15, 0.2) is 17.9 Å². The van der Waals surface area contributed by atoms with Gasteiger partial charge in [0, 0.05) is 18.3 Å². The molecule has 0 bridgehead atoms. The standard InChI is InChI=1S/C20H20N8O3S/c1-12(2)28-16-7-18(22-9-15(16)24-19(28)11-29)25-17-5-6-21-20(26-17)13-8-23-27(10-13)32(30,31)14-3-4-14/h5-12,14H,3-4H2,1-2H3,(H,21,22,25,26). The van der Waals surface area contributed by atoms with Crippen LogP contribution < -0.4 is 5.32 Å². The van der Waals surface area contributed by atoms with Gasteiger partial charge < -0.3 is 9.88 Å². The quantitative estimate of drug-likeness (QED) is 0.419. The molecule has 0 unspecified atom stereocenters. The highest BCUT2D eigenvalue weighted by Crippen LogP contribution is 2.30. The Kier molecular flexibility index (Phi) is 4.73. The van der Waals surface area contributed by atoms with Crippen molar-refractivity contribution >= 4 is 39.0 Å². The van der Waals surface area contributed by atoms with Gasteiger partial charge in [0.05, 0.1) is 34.9 Å². The first-order valence-corrected chi connectivity index (χ1v) is 11.6. The Labute approximate surface area is 183 Å². The van der Waals surface area contributed by atoms with Crippen LogP contribution in [0.1, 0.15) is 43.3 Å². The molecule has 4 aromatic heterocycles. The van der Waals surface area contributed by atoms with E-state index in [1.54, 1.807) is 24.5 Å². The summed E-state index contributed by atoms with van der Waals surface area (Å²) in [6.45, 7) is 3.95. The highest BCUT2D eigenvalue weighted by molar-refractivity contribution is 7.90. The Bertz CT molecular complexity index is 1440. The smallest absolute Gasteiger partial charge is 0.256 e. The van der Waals surface area contributed by atoms with E-state index in [9.17, 15) is 13.2 Å². The van der Waals surface area contributed by atoms with Crippen LogP contribution in [0.15, 0.2) is 36.9 Å². The maximum Gasteiger partial charge on any atom is 0.256 e. The first-order chi connectivity index (χ1) is 15.4. The van der Waals surface area contributed by atoms with Crippen LogP contribution in [-0.2, 0) is 10.0 Å². The molecule has 164 valence electrons. The molecule has 1 saturated carbocycles. The predicted molar refractivity (Wildman–Crippen MR) is 117 cm³/mol. The van der Waals surface area contributed by atoms with Crippen LogP contribution in [0, 0.1) is 0 Å². The van der Waals surface area contributed by atoms with Gasteiger partial charge in [-0.1, -0.05) is 0 Å². The lowest BCUT2D eigenvalue weighted by Gasteiger charge is -2.11. The summed E-state index contributed by atoms with van der Waals surface area (Å²) in [5, 5.41) is 6.76. The van der Waals surface area contributed by atoms with E-state index < -0.39 is 10.0 Å². The van der Waals surface area contributed by atoms with Crippen molar-refractivity contribution in [1.82, 2.24) is 33.7 Å². The number of imidazole rings is 1. The molecule has 1 fully saturated rings. The van der Waals surface area contributed by atoms with Gasteiger partial charge in [0.2, 0.25) is 0 Å². The fourth-order valence-electron chi connectivity index (χ4n) is 3.49. The number of aromatic nitrogens is 7. The molecule has 0 atom stereocenters. The second kappa shape index (κ2) is 7.48. The van der Waals surface area contributed by atoms with Crippen molar-refractivity contribution in [2.45, 2.75) is 38.0 Å². The lowest BCUT2D eigenvalue weighted by atomic mass is 10.3. The molecule has 5 rings (SSSR count). The summed E-state index contributed by atoms with van der Waals surface area (Å²) >= 11 is 0. The van der Waals surface area contributed by atoms with E-state index in [1.807, 2.05) is 18.4 Å². The third-order valence-electron chi connectivity index (χ3n) is 5.16. The van der Waals surface area contributed by atoms with Crippen LogP contribution in [0.2, 0.25) is 0 Å². The average Bonchev–Trinajstić information content (AvgIpc) is 3.40. The number of fused-ring (bicyclic) bond motifs is 1. The lowest BCUT2D eigenvalue weighted by Crippen LogP contribution is -2.17. The molecule has 11 nitrogen and oxygen atoms in total. The summed E-state index contributed by atoms with van der Waals surface area (Å²) in [4.78, 5) is 28.7. The minimum absolute atomic E-state index is 0.0459.